The lowest BCUT2D eigenvalue weighted by Crippen LogP contribution is -2.41. The summed E-state index contributed by atoms with van der Waals surface area (Å²) in [4.78, 5) is 42.7. The molecule has 0 unspecified atom stereocenters. The Balaban J connectivity index is 1.13. The predicted molar refractivity (Wildman–Crippen MR) is 179 cm³/mol. The Morgan fingerprint density at radius 2 is 1.81 bits per heavy atom. The number of rotatable bonds is 10. The van der Waals surface area contributed by atoms with E-state index >= 15 is 0 Å². The quantitative estimate of drug-likeness (QED) is 0.261. The number of furan rings is 1. The number of likely N-dealkylation sites (tertiary alicyclic amines) is 2. The normalized spacial score (nSPS) is 26.6. The van der Waals surface area contributed by atoms with Crippen molar-refractivity contribution in [1.29, 1.82) is 0 Å². The van der Waals surface area contributed by atoms with Gasteiger partial charge in [-0.1, -0.05) is 48.3 Å². The zero-order chi connectivity index (χ0) is 33.2. The lowest BCUT2D eigenvalue weighted by atomic mass is 9.87. The topological polar surface area (TPSA) is 122 Å². The van der Waals surface area contributed by atoms with E-state index in [4.69, 9.17) is 37.1 Å². The molecular formula is C35H41Cl2N3O7. The molecule has 2 aromatic carbocycles. The summed E-state index contributed by atoms with van der Waals surface area (Å²) < 4.78 is 17.5. The summed E-state index contributed by atoms with van der Waals surface area (Å²) in [5, 5.41) is 13.5. The molecule has 1 saturated carbocycles. The van der Waals surface area contributed by atoms with Crippen LogP contribution in [0.5, 0.6) is 0 Å². The van der Waals surface area contributed by atoms with Gasteiger partial charge < -0.3 is 29.2 Å². The Bertz CT molecular complexity index is 1620. The van der Waals surface area contributed by atoms with E-state index < -0.39 is 5.97 Å². The van der Waals surface area contributed by atoms with E-state index in [2.05, 4.69) is 17.1 Å². The van der Waals surface area contributed by atoms with Crippen LogP contribution in [0.3, 0.4) is 0 Å². The molecule has 0 bridgehead atoms. The standard InChI is InChI=1S/C35H41Cl2N3O7/c1-20-15-39(17-32(20)45-2)23-13-24(18-46-25-9-7-21(8-10-25)35(43)44)40(16-23)33(41)12-22-11-29(37)30(14-28(22)36)38-34(42)27-19-47-31-6-4-3-5-26(27)31/h3-6,11,14,19-21,23-25,32H,7-10,12-13,15-18H2,1-2H3,(H,38,42)(H,43,44)/t20-,21-,23-,24-,25-,32-/m0/s1. The van der Waals surface area contributed by atoms with E-state index in [0.29, 0.717) is 77.6 Å². The van der Waals surface area contributed by atoms with E-state index in [1.54, 1.807) is 25.3 Å². The van der Waals surface area contributed by atoms with Crippen LogP contribution in [0.2, 0.25) is 10.0 Å². The minimum Gasteiger partial charge on any atom is -0.481 e. The number of ether oxygens (including phenoxy) is 2. The summed E-state index contributed by atoms with van der Waals surface area (Å²) in [6, 6.07) is 10.5. The van der Waals surface area contributed by atoms with E-state index in [0.717, 1.165) is 19.5 Å². The number of carboxylic acid groups (broad SMARTS) is 1. The van der Waals surface area contributed by atoms with E-state index in [1.165, 1.54) is 6.26 Å². The molecule has 3 aliphatic rings. The largest absolute Gasteiger partial charge is 0.481 e. The molecule has 2 N–H and O–H groups in total. The monoisotopic (exact) mass is 685 g/mol. The lowest BCUT2D eigenvalue weighted by Gasteiger charge is -2.30. The molecule has 1 aliphatic carbocycles. The van der Waals surface area contributed by atoms with Crippen molar-refractivity contribution >= 4 is 57.6 Å². The van der Waals surface area contributed by atoms with Crippen LogP contribution in [0.1, 0.15) is 54.9 Å². The second-order valence-electron chi connectivity index (χ2n) is 13.1. The number of hydrogen-bond donors (Lipinski definition) is 2. The Hall–Kier alpha value is -3.15. The van der Waals surface area contributed by atoms with Gasteiger partial charge in [-0.15, -0.1) is 0 Å². The predicted octanol–water partition coefficient (Wildman–Crippen LogP) is 6.13. The number of carbonyl (C=O) groups is 3. The molecule has 2 aliphatic heterocycles. The van der Waals surface area contributed by atoms with Crippen molar-refractivity contribution in [3.63, 3.8) is 0 Å². The second kappa shape index (κ2) is 14.5. The molecule has 12 heteroatoms. The first-order valence-electron chi connectivity index (χ1n) is 16.3. The van der Waals surface area contributed by atoms with E-state index in [-0.39, 0.29) is 53.5 Å². The number of benzene rings is 2. The van der Waals surface area contributed by atoms with Gasteiger partial charge in [0.2, 0.25) is 5.91 Å². The summed E-state index contributed by atoms with van der Waals surface area (Å²) in [6.07, 6.45) is 4.99. The molecule has 0 spiro atoms. The number of carbonyl (C=O) groups excluding carboxylic acids is 2. The number of carboxylic acids is 1. The zero-order valence-corrected chi connectivity index (χ0v) is 28.1. The molecule has 0 radical (unpaired) electrons. The number of nitrogens with zero attached hydrogens (tertiary/aromatic N) is 2. The highest BCUT2D eigenvalue weighted by Gasteiger charge is 2.42. The van der Waals surface area contributed by atoms with Gasteiger partial charge in [-0.25, -0.2) is 0 Å². The molecule has 3 heterocycles. The van der Waals surface area contributed by atoms with Gasteiger partial charge in [-0.2, -0.15) is 0 Å². The lowest BCUT2D eigenvalue weighted by molar-refractivity contribution is -0.144. The highest BCUT2D eigenvalue weighted by molar-refractivity contribution is 6.36. The summed E-state index contributed by atoms with van der Waals surface area (Å²) in [6.45, 7) is 4.88. The minimum atomic E-state index is -0.742. The van der Waals surface area contributed by atoms with Crippen LogP contribution >= 0.6 is 23.2 Å². The van der Waals surface area contributed by atoms with Crippen LogP contribution < -0.4 is 5.32 Å². The van der Waals surface area contributed by atoms with Gasteiger partial charge in [-0.05, 0) is 61.8 Å². The summed E-state index contributed by atoms with van der Waals surface area (Å²) in [5.41, 5.74) is 1.89. The van der Waals surface area contributed by atoms with Crippen molar-refractivity contribution in [3.8, 4) is 0 Å². The molecule has 2 amide bonds. The van der Waals surface area contributed by atoms with Crippen LogP contribution in [0.4, 0.5) is 5.69 Å². The first-order chi connectivity index (χ1) is 22.6. The van der Waals surface area contributed by atoms with Crippen molar-refractivity contribution in [1.82, 2.24) is 9.80 Å². The number of methoxy groups -OCH3 is 1. The summed E-state index contributed by atoms with van der Waals surface area (Å²) in [7, 11) is 1.75. The average molecular weight is 687 g/mol. The molecular weight excluding hydrogens is 645 g/mol. The number of para-hydroxylation sites is 1. The highest BCUT2D eigenvalue weighted by Crippen LogP contribution is 2.34. The molecule has 4 atom stereocenters. The molecule has 47 heavy (non-hydrogen) atoms. The van der Waals surface area contributed by atoms with Gasteiger partial charge in [0.05, 0.1) is 53.5 Å². The van der Waals surface area contributed by atoms with E-state index in [1.807, 2.05) is 23.1 Å². The Morgan fingerprint density at radius 3 is 2.53 bits per heavy atom. The van der Waals surface area contributed by atoms with Crippen LogP contribution in [0.15, 0.2) is 47.1 Å². The van der Waals surface area contributed by atoms with Gasteiger partial charge in [-0.3, -0.25) is 19.3 Å². The van der Waals surface area contributed by atoms with Crippen LogP contribution in [-0.2, 0) is 25.5 Å². The Kier molecular flexibility index (Phi) is 10.4. The third-order valence-corrected chi connectivity index (χ3v) is 10.8. The number of fused-ring (bicyclic) bond motifs is 1. The SMILES string of the molecule is CO[C@H]1CN([C@H]2C[C@@H](CO[C@H]3CC[C@H](C(=O)O)CC3)N(C(=O)Cc3cc(Cl)c(NC(=O)c4coc5ccccc45)cc3Cl)C2)C[C@@H]1C. The maximum absolute atomic E-state index is 13.9. The Morgan fingerprint density at radius 1 is 1.04 bits per heavy atom. The number of nitrogens with one attached hydrogen (secondary N) is 1. The summed E-state index contributed by atoms with van der Waals surface area (Å²) in [5.74, 6) is -1.11. The number of amides is 2. The molecule has 10 nitrogen and oxygen atoms in total. The fourth-order valence-electron chi connectivity index (χ4n) is 7.35. The Labute approximate surface area is 284 Å². The second-order valence-corrected chi connectivity index (χ2v) is 14.0. The number of halogens is 2. The number of aliphatic carboxylic acids is 1. The van der Waals surface area contributed by atoms with Crippen molar-refractivity contribution in [2.24, 2.45) is 11.8 Å². The third kappa shape index (κ3) is 7.47. The molecule has 3 fully saturated rings. The highest BCUT2D eigenvalue weighted by atomic mass is 35.5. The van der Waals surface area contributed by atoms with Crippen LogP contribution in [0.25, 0.3) is 11.0 Å². The minimum absolute atomic E-state index is 0.0117. The smallest absolute Gasteiger partial charge is 0.306 e. The van der Waals surface area contributed by atoms with E-state index in [9.17, 15) is 19.5 Å². The van der Waals surface area contributed by atoms with Gasteiger partial charge in [0.1, 0.15) is 11.8 Å². The number of hydrogen-bond acceptors (Lipinski definition) is 7. The van der Waals surface area contributed by atoms with Crippen molar-refractivity contribution in [2.45, 2.75) is 69.7 Å². The maximum Gasteiger partial charge on any atom is 0.306 e. The molecule has 3 aromatic rings. The van der Waals surface area contributed by atoms with Crippen LogP contribution in [0, 0.1) is 11.8 Å². The third-order valence-electron chi connectivity index (χ3n) is 10.1. The van der Waals surface area contributed by atoms with Crippen molar-refractivity contribution < 1.29 is 33.4 Å². The maximum atomic E-state index is 13.9. The number of anilines is 1. The first kappa shape index (κ1) is 33.7. The molecule has 1 aromatic heterocycles. The van der Waals surface area contributed by atoms with Crippen LogP contribution in [-0.4, -0.2) is 90.3 Å². The molecule has 2 saturated heterocycles. The first-order valence-corrected chi connectivity index (χ1v) is 17.0. The fourth-order valence-corrected chi connectivity index (χ4v) is 7.81. The molecule has 6 rings (SSSR count). The summed E-state index contributed by atoms with van der Waals surface area (Å²) >= 11 is 13.3. The fraction of sp³-hybridized carbons (Fsp3) is 0.514. The van der Waals surface area contributed by atoms with Crippen molar-refractivity contribution in [3.05, 3.63) is 63.8 Å². The molecule has 252 valence electrons. The van der Waals surface area contributed by atoms with Crippen molar-refractivity contribution in [2.75, 3.05) is 38.7 Å². The van der Waals surface area contributed by atoms with Gasteiger partial charge in [0.25, 0.3) is 5.91 Å². The van der Waals surface area contributed by atoms with Gasteiger partial charge in [0.15, 0.2) is 0 Å². The van der Waals surface area contributed by atoms with Gasteiger partial charge >= 0.3 is 5.97 Å². The van der Waals surface area contributed by atoms with Gasteiger partial charge in [0, 0.05) is 43.2 Å². The average Bonchev–Trinajstić information content (AvgIpc) is 3.79. The zero-order valence-electron chi connectivity index (χ0n) is 26.6.